The second kappa shape index (κ2) is 7.42. The Hall–Kier alpha value is -1.85. The summed E-state index contributed by atoms with van der Waals surface area (Å²) in [6.07, 6.45) is -0.948. The number of carbonyl (C=O) groups is 2. The highest BCUT2D eigenvalue weighted by Crippen LogP contribution is 2.21. The molecule has 1 amide bonds. The van der Waals surface area contributed by atoms with E-state index < -0.39 is 18.0 Å². The molecule has 2 aromatic rings. The molecule has 1 unspecified atom stereocenters. The summed E-state index contributed by atoms with van der Waals surface area (Å²) in [7, 11) is 0. The van der Waals surface area contributed by atoms with Crippen LogP contribution in [0.1, 0.15) is 17.3 Å². The van der Waals surface area contributed by atoms with E-state index in [2.05, 4.69) is 21.2 Å². The van der Waals surface area contributed by atoms with Crippen molar-refractivity contribution in [1.29, 1.82) is 0 Å². The average Bonchev–Trinajstić information content (AvgIpc) is 2.49. The molecule has 114 valence electrons. The molecular weight excluding hydrogens is 370 g/mol. The van der Waals surface area contributed by atoms with E-state index in [0.29, 0.717) is 20.7 Å². The largest absolute Gasteiger partial charge is 0.449 e. The van der Waals surface area contributed by atoms with Crippen LogP contribution in [0, 0.1) is 0 Å². The maximum atomic E-state index is 12.1. The minimum atomic E-state index is -0.948. The van der Waals surface area contributed by atoms with Crippen molar-refractivity contribution in [2.24, 2.45) is 0 Å². The fraction of sp³-hybridized carbons (Fsp3) is 0.125. The molecule has 0 aliphatic rings. The predicted octanol–water partition coefficient (Wildman–Crippen LogP) is 4.29. The van der Waals surface area contributed by atoms with E-state index in [1.54, 1.807) is 48.5 Å². The molecule has 0 heterocycles. The highest BCUT2D eigenvalue weighted by Gasteiger charge is 2.20. The van der Waals surface area contributed by atoms with Crippen LogP contribution in [0.3, 0.4) is 0 Å². The first-order chi connectivity index (χ1) is 10.5. The third-order valence-electron chi connectivity index (χ3n) is 2.88. The first kappa shape index (κ1) is 16.5. The summed E-state index contributed by atoms with van der Waals surface area (Å²) in [4.78, 5) is 24.1. The van der Waals surface area contributed by atoms with Gasteiger partial charge in [0.2, 0.25) is 0 Å². The fourth-order valence-corrected chi connectivity index (χ4v) is 2.33. The Balaban J connectivity index is 2.01. The first-order valence-electron chi connectivity index (χ1n) is 6.50. The summed E-state index contributed by atoms with van der Waals surface area (Å²) in [6.45, 7) is 1.50. The van der Waals surface area contributed by atoms with Gasteiger partial charge in [-0.3, -0.25) is 4.79 Å². The topological polar surface area (TPSA) is 55.4 Å². The molecule has 6 heteroatoms. The van der Waals surface area contributed by atoms with Crippen molar-refractivity contribution >= 4 is 45.1 Å². The number of nitrogens with one attached hydrogen (secondary N) is 1. The van der Waals surface area contributed by atoms with Gasteiger partial charge >= 0.3 is 5.97 Å². The number of benzene rings is 2. The molecule has 0 saturated carbocycles. The zero-order valence-electron chi connectivity index (χ0n) is 11.7. The van der Waals surface area contributed by atoms with E-state index in [0.717, 1.165) is 0 Å². The number of rotatable bonds is 4. The number of anilines is 1. The van der Waals surface area contributed by atoms with E-state index in [1.807, 2.05) is 0 Å². The summed E-state index contributed by atoms with van der Waals surface area (Å²) < 4.78 is 5.78. The van der Waals surface area contributed by atoms with Crippen LogP contribution in [-0.2, 0) is 9.53 Å². The van der Waals surface area contributed by atoms with Gasteiger partial charge in [-0.1, -0.05) is 35.9 Å². The lowest BCUT2D eigenvalue weighted by atomic mass is 10.2. The monoisotopic (exact) mass is 381 g/mol. The fourth-order valence-electron chi connectivity index (χ4n) is 1.70. The minimum absolute atomic E-state index is 0.361. The van der Waals surface area contributed by atoms with Crippen molar-refractivity contribution in [2.45, 2.75) is 13.0 Å². The molecule has 0 aromatic heterocycles. The smallest absolute Gasteiger partial charge is 0.340 e. The van der Waals surface area contributed by atoms with Crippen molar-refractivity contribution in [2.75, 3.05) is 5.32 Å². The summed E-state index contributed by atoms with van der Waals surface area (Å²) in [5.74, 6) is -1.03. The summed E-state index contributed by atoms with van der Waals surface area (Å²) in [6, 6.07) is 13.7. The van der Waals surface area contributed by atoms with Gasteiger partial charge in [-0.25, -0.2) is 4.79 Å². The van der Waals surface area contributed by atoms with Gasteiger partial charge in [0.05, 0.1) is 16.3 Å². The van der Waals surface area contributed by atoms with Crippen LogP contribution in [0.25, 0.3) is 0 Å². The molecule has 0 aliphatic heterocycles. The molecule has 4 nitrogen and oxygen atoms in total. The van der Waals surface area contributed by atoms with Crippen LogP contribution in [0.5, 0.6) is 0 Å². The Labute approximate surface area is 141 Å². The number of hydrogen-bond donors (Lipinski definition) is 1. The van der Waals surface area contributed by atoms with E-state index >= 15 is 0 Å². The third kappa shape index (κ3) is 4.08. The Morgan fingerprint density at radius 2 is 1.77 bits per heavy atom. The van der Waals surface area contributed by atoms with E-state index in [1.165, 1.54) is 6.92 Å². The van der Waals surface area contributed by atoms with E-state index in [9.17, 15) is 9.59 Å². The quantitative estimate of drug-likeness (QED) is 0.803. The van der Waals surface area contributed by atoms with Crippen molar-refractivity contribution in [3.63, 3.8) is 0 Å². The molecule has 0 fully saturated rings. The van der Waals surface area contributed by atoms with Gasteiger partial charge in [0.1, 0.15) is 0 Å². The molecule has 0 aliphatic carbocycles. The maximum Gasteiger partial charge on any atom is 0.340 e. The van der Waals surface area contributed by atoms with E-state index in [-0.39, 0.29) is 0 Å². The molecule has 0 bridgehead atoms. The molecule has 2 rings (SSSR count). The molecule has 0 saturated heterocycles. The van der Waals surface area contributed by atoms with Crippen LogP contribution in [0.2, 0.25) is 5.02 Å². The van der Waals surface area contributed by atoms with Gasteiger partial charge in [-0.2, -0.15) is 0 Å². The van der Waals surface area contributed by atoms with Crippen molar-refractivity contribution in [3.8, 4) is 0 Å². The zero-order valence-corrected chi connectivity index (χ0v) is 14.0. The number of carbonyl (C=O) groups excluding carboxylic acids is 2. The van der Waals surface area contributed by atoms with Gasteiger partial charge < -0.3 is 10.1 Å². The van der Waals surface area contributed by atoms with Crippen LogP contribution in [0.4, 0.5) is 5.69 Å². The minimum Gasteiger partial charge on any atom is -0.449 e. The molecule has 1 atom stereocenters. The second-order valence-electron chi connectivity index (χ2n) is 4.50. The highest BCUT2D eigenvalue weighted by atomic mass is 79.9. The molecule has 0 spiro atoms. The lowest BCUT2D eigenvalue weighted by Gasteiger charge is -2.14. The number of hydrogen-bond acceptors (Lipinski definition) is 3. The second-order valence-corrected chi connectivity index (χ2v) is 5.76. The van der Waals surface area contributed by atoms with Gasteiger partial charge in [-0.05, 0) is 47.1 Å². The Kier molecular flexibility index (Phi) is 5.57. The third-order valence-corrected chi connectivity index (χ3v) is 3.90. The Bertz CT molecular complexity index is 705. The van der Waals surface area contributed by atoms with Crippen LogP contribution >= 0.6 is 27.5 Å². The van der Waals surface area contributed by atoms with Crippen LogP contribution in [-0.4, -0.2) is 18.0 Å². The number of esters is 1. The SMILES string of the molecule is CC(OC(=O)c1ccccc1Br)C(=O)Nc1ccccc1Cl. The Morgan fingerprint density at radius 1 is 1.14 bits per heavy atom. The average molecular weight is 383 g/mol. The van der Waals surface area contributed by atoms with Crippen molar-refractivity contribution < 1.29 is 14.3 Å². The molecule has 0 radical (unpaired) electrons. The lowest BCUT2D eigenvalue weighted by molar-refractivity contribution is -0.123. The number of halogens is 2. The number of amides is 1. The molecule has 2 aromatic carbocycles. The highest BCUT2D eigenvalue weighted by molar-refractivity contribution is 9.10. The first-order valence-corrected chi connectivity index (χ1v) is 7.67. The Morgan fingerprint density at radius 3 is 2.45 bits per heavy atom. The standard InChI is InChI=1S/C16H13BrClNO3/c1-10(15(20)19-14-9-5-4-8-13(14)18)22-16(21)11-6-2-3-7-12(11)17/h2-10H,1H3,(H,19,20). The number of para-hydroxylation sites is 1. The summed E-state index contributed by atoms with van der Waals surface area (Å²) in [5.41, 5.74) is 0.831. The van der Waals surface area contributed by atoms with Crippen molar-refractivity contribution in [3.05, 3.63) is 63.6 Å². The van der Waals surface area contributed by atoms with Gasteiger partial charge in [0, 0.05) is 4.47 Å². The predicted molar refractivity (Wildman–Crippen MR) is 89.1 cm³/mol. The van der Waals surface area contributed by atoms with E-state index in [4.69, 9.17) is 16.3 Å². The van der Waals surface area contributed by atoms with Crippen molar-refractivity contribution in [1.82, 2.24) is 0 Å². The van der Waals surface area contributed by atoms with Crippen LogP contribution < -0.4 is 5.32 Å². The summed E-state index contributed by atoms with van der Waals surface area (Å²) in [5, 5.41) is 3.04. The summed E-state index contributed by atoms with van der Waals surface area (Å²) >= 11 is 9.24. The zero-order chi connectivity index (χ0) is 16.1. The number of ether oxygens (including phenoxy) is 1. The maximum absolute atomic E-state index is 12.1. The molecule has 1 N–H and O–H groups in total. The van der Waals surface area contributed by atoms with Gasteiger partial charge in [0.15, 0.2) is 6.10 Å². The molecular formula is C16H13BrClNO3. The van der Waals surface area contributed by atoms with Gasteiger partial charge in [-0.15, -0.1) is 0 Å². The normalized spacial score (nSPS) is 11.6. The lowest BCUT2D eigenvalue weighted by Crippen LogP contribution is -2.30. The van der Waals surface area contributed by atoms with Gasteiger partial charge in [0.25, 0.3) is 5.91 Å². The van der Waals surface area contributed by atoms with Crippen LogP contribution in [0.15, 0.2) is 53.0 Å². The molecule has 22 heavy (non-hydrogen) atoms.